The molecular weight excluding hydrogens is 382 g/mol. The summed E-state index contributed by atoms with van der Waals surface area (Å²) >= 11 is 0. The van der Waals surface area contributed by atoms with Gasteiger partial charge in [-0.2, -0.15) is 0 Å². The third-order valence-electron chi connectivity index (χ3n) is 5.06. The number of aromatic nitrogens is 2. The third kappa shape index (κ3) is 4.92. The zero-order chi connectivity index (χ0) is 21.5. The summed E-state index contributed by atoms with van der Waals surface area (Å²) in [5.74, 6) is -1.61. The predicted molar refractivity (Wildman–Crippen MR) is 114 cm³/mol. The van der Waals surface area contributed by atoms with Crippen molar-refractivity contribution < 1.29 is 14.7 Å². The zero-order valence-corrected chi connectivity index (χ0v) is 16.8. The molecule has 0 saturated carbocycles. The molecule has 3 rings (SSSR count). The maximum Gasteiger partial charge on any atom is 0.326 e. The van der Waals surface area contributed by atoms with Crippen LogP contribution in [0.5, 0.6) is 0 Å². The standard InChI is InChI=1S/C23H25N3O4/c1-2-3-13-20(26-15-24-18-12-8-7-11-17(18)22(26)28)21(27)25-19(23(29)30)14-16-9-5-4-6-10-16/h4-12,15,19-20H,2-3,13-14H2,1H3,(H,25,27)(H,29,30)/t19-,20-/m0/s1. The first-order chi connectivity index (χ1) is 14.5. The molecular formula is C23H25N3O4. The van der Waals surface area contributed by atoms with Crippen LogP contribution < -0.4 is 10.9 Å². The number of hydrogen-bond donors (Lipinski definition) is 2. The Morgan fingerprint density at radius 3 is 2.50 bits per heavy atom. The number of benzene rings is 2. The SMILES string of the molecule is CCCC[C@@H](C(=O)N[C@@H](Cc1ccccc1)C(=O)O)n1cnc2ccccc2c1=O. The number of amides is 1. The van der Waals surface area contributed by atoms with Gasteiger partial charge in [-0.1, -0.05) is 62.2 Å². The first-order valence-corrected chi connectivity index (χ1v) is 10.0. The lowest BCUT2D eigenvalue weighted by Crippen LogP contribution is -2.46. The van der Waals surface area contributed by atoms with Gasteiger partial charge < -0.3 is 10.4 Å². The lowest BCUT2D eigenvalue weighted by Gasteiger charge is -2.22. The molecule has 0 unspecified atom stereocenters. The van der Waals surface area contributed by atoms with Gasteiger partial charge in [0.05, 0.1) is 17.2 Å². The van der Waals surface area contributed by atoms with Crippen LogP contribution in [0, 0.1) is 0 Å². The predicted octanol–water partition coefficient (Wildman–Crippen LogP) is 2.94. The van der Waals surface area contributed by atoms with E-state index >= 15 is 0 Å². The molecule has 1 amide bonds. The molecule has 0 bridgehead atoms. The zero-order valence-electron chi connectivity index (χ0n) is 16.8. The van der Waals surface area contributed by atoms with E-state index in [2.05, 4.69) is 10.3 Å². The monoisotopic (exact) mass is 407 g/mol. The maximum atomic E-state index is 13.1. The first kappa shape index (κ1) is 21.2. The average Bonchev–Trinajstić information content (AvgIpc) is 2.75. The molecule has 0 aliphatic heterocycles. The number of unbranched alkanes of at least 4 members (excludes halogenated alkanes) is 1. The molecule has 7 heteroatoms. The molecule has 2 aromatic carbocycles. The summed E-state index contributed by atoms with van der Waals surface area (Å²) in [6, 6.07) is 14.1. The molecule has 3 aromatic rings. The molecule has 7 nitrogen and oxygen atoms in total. The molecule has 2 N–H and O–H groups in total. The lowest BCUT2D eigenvalue weighted by atomic mass is 10.0. The van der Waals surface area contributed by atoms with Crippen molar-refractivity contribution >= 4 is 22.8 Å². The molecule has 1 heterocycles. The van der Waals surface area contributed by atoms with Gasteiger partial charge in [-0.25, -0.2) is 9.78 Å². The highest BCUT2D eigenvalue weighted by Gasteiger charge is 2.27. The molecule has 0 aliphatic rings. The smallest absolute Gasteiger partial charge is 0.326 e. The number of hydrogen-bond acceptors (Lipinski definition) is 4. The Kier molecular flexibility index (Phi) is 6.95. The minimum Gasteiger partial charge on any atom is -0.480 e. The van der Waals surface area contributed by atoms with Crippen molar-refractivity contribution in [3.05, 3.63) is 76.8 Å². The van der Waals surface area contributed by atoms with Crippen molar-refractivity contribution in [3.8, 4) is 0 Å². The number of carboxylic acid groups (broad SMARTS) is 1. The number of carbonyl (C=O) groups excluding carboxylic acids is 1. The summed E-state index contributed by atoms with van der Waals surface area (Å²) in [7, 11) is 0. The Labute approximate surface area is 174 Å². The quantitative estimate of drug-likeness (QED) is 0.568. The van der Waals surface area contributed by atoms with Crippen molar-refractivity contribution in [3.63, 3.8) is 0 Å². The van der Waals surface area contributed by atoms with Crippen LogP contribution in [-0.4, -0.2) is 32.6 Å². The summed E-state index contributed by atoms with van der Waals surface area (Å²) in [6.45, 7) is 1.99. The fourth-order valence-corrected chi connectivity index (χ4v) is 3.42. The van der Waals surface area contributed by atoms with Gasteiger partial charge in [0.15, 0.2) is 0 Å². The van der Waals surface area contributed by atoms with Gasteiger partial charge in [0.1, 0.15) is 12.1 Å². The highest BCUT2D eigenvalue weighted by Crippen LogP contribution is 2.16. The second kappa shape index (κ2) is 9.82. The van der Waals surface area contributed by atoms with E-state index in [1.165, 1.54) is 10.9 Å². The number of aliphatic carboxylic acids is 1. The normalized spacial score (nSPS) is 13.0. The topological polar surface area (TPSA) is 101 Å². The molecule has 0 radical (unpaired) electrons. The van der Waals surface area contributed by atoms with E-state index in [1.54, 1.807) is 24.3 Å². The molecule has 156 valence electrons. The van der Waals surface area contributed by atoms with Crippen molar-refractivity contribution in [2.45, 2.75) is 44.7 Å². The molecule has 1 aromatic heterocycles. The minimum atomic E-state index is -1.12. The number of nitrogens with one attached hydrogen (secondary N) is 1. The number of carboxylic acids is 1. The molecule has 2 atom stereocenters. The molecule has 0 fully saturated rings. The Balaban J connectivity index is 1.89. The summed E-state index contributed by atoms with van der Waals surface area (Å²) < 4.78 is 1.31. The molecule has 0 saturated heterocycles. The summed E-state index contributed by atoms with van der Waals surface area (Å²) in [5, 5.41) is 12.7. The van der Waals surface area contributed by atoms with Crippen molar-refractivity contribution in [2.24, 2.45) is 0 Å². The van der Waals surface area contributed by atoms with Crippen molar-refractivity contribution in [2.75, 3.05) is 0 Å². The Morgan fingerprint density at radius 1 is 1.10 bits per heavy atom. The molecule has 0 aliphatic carbocycles. The van der Waals surface area contributed by atoms with Gasteiger partial charge in [-0.05, 0) is 24.1 Å². The van der Waals surface area contributed by atoms with Crippen LogP contribution >= 0.6 is 0 Å². The van der Waals surface area contributed by atoms with Crippen LogP contribution in [0.2, 0.25) is 0 Å². The van der Waals surface area contributed by atoms with E-state index in [1.807, 2.05) is 37.3 Å². The number of para-hydroxylation sites is 1. The number of nitrogens with zero attached hydrogens (tertiary/aromatic N) is 2. The van der Waals surface area contributed by atoms with Crippen LogP contribution in [0.25, 0.3) is 10.9 Å². The fraction of sp³-hybridized carbons (Fsp3) is 0.304. The minimum absolute atomic E-state index is 0.160. The van der Waals surface area contributed by atoms with Gasteiger partial charge in [0.2, 0.25) is 5.91 Å². The Hall–Kier alpha value is -3.48. The first-order valence-electron chi connectivity index (χ1n) is 10.0. The fourth-order valence-electron chi connectivity index (χ4n) is 3.42. The van der Waals surface area contributed by atoms with E-state index in [4.69, 9.17) is 0 Å². The van der Waals surface area contributed by atoms with Gasteiger partial charge in [0, 0.05) is 6.42 Å². The number of rotatable bonds is 9. The number of carbonyl (C=O) groups is 2. The van der Waals surface area contributed by atoms with Crippen molar-refractivity contribution in [1.29, 1.82) is 0 Å². The molecule has 0 spiro atoms. The van der Waals surface area contributed by atoms with Crippen LogP contribution in [0.15, 0.2) is 65.7 Å². The van der Waals surface area contributed by atoms with Crippen LogP contribution in [0.4, 0.5) is 0 Å². The van der Waals surface area contributed by atoms with E-state index in [0.29, 0.717) is 23.7 Å². The second-order valence-corrected chi connectivity index (χ2v) is 7.22. The molecule has 30 heavy (non-hydrogen) atoms. The van der Waals surface area contributed by atoms with Gasteiger partial charge in [-0.15, -0.1) is 0 Å². The maximum absolute atomic E-state index is 13.1. The summed E-state index contributed by atoms with van der Waals surface area (Å²) in [4.78, 5) is 42.1. The third-order valence-corrected chi connectivity index (χ3v) is 5.06. The van der Waals surface area contributed by atoms with Crippen LogP contribution in [-0.2, 0) is 16.0 Å². The van der Waals surface area contributed by atoms with E-state index in [9.17, 15) is 19.5 Å². The van der Waals surface area contributed by atoms with Crippen LogP contribution in [0.3, 0.4) is 0 Å². The van der Waals surface area contributed by atoms with Crippen LogP contribution in [0.1, 0.15) is 37.8 Å². The largest absolute Gasteiger partial charge is 0.480 e. The number of fused-ring (bicyclic) bond motifs is 1. The Bertz CT molecular complexity index is 1080. The van der Waals surface area contributed by atoms with Gasteiger partial charge >= 0.3 is 5.97 Å². The van der Waals surface area contributed by atoms with E-state index < -0.39 is 24.0 Å². The van der Waals surface area contributed by atoms with Crippen molar-refractivity contribution in [1.82, 2.24) is 14.9 Å². The van der Waals surface area contributed by atoms with Gasteiger partial charge in [0.25, 0.3) is 5.56 Å². The van der Waals surface area contributed by atoms with E-state index in [0.717, 1.165) is 12.0 Å². The summed E-state index contributed by atoms with van der Waals surface area (Å²) in [5.41, 5.74) is 1.05. The Morgan fingerprint density at radius 2 is 1.80 bits per heavy atom. The highest BCUT2D eigenvalue weighted by molar-refractivity contribution is 5.86. The average molecular weight is 407 g/mol. The van der Waals surface area contributed by atoms with E-state index in [-0.39, 0.29) is 12.0 Å². The second-order valence-electron chi connectivity index (χ2n) is 7.22. The summed E-state index contributed by atoms with van der Waals surface area (Å²) in [6.07, 6.45) is 3.50. The van der Waals surface area contributed by atoms with Gasteiger partial charge in [-0.3, -0.25) is 14.2 Å². The lowest BCUT2D eigenvalue weighted by molar-refractivity contribution is -0.142. The highest BCUT2D eigenvalue weighted by atomic mass is 16.4.